The summed E-state index contributed by atoms with van der Waals surface area (Å²) in [5.74, 6) is -2.77. The Balaban J connectivity index is 2.34. The van der Waals surface area contributed by atoms with Crippen molar-refractivity contribution in [1.29, 1.82) is 0 Å². The van der Waals surface area contributed by atoms with Crippen molar-refractivity contribution in [3.63, 3.8) is 0 Å². The molecule has 0 saturated carbocycles. The number of carbonyl (C=O) groups excluding carboxylic acids is 1. The van der Waals surface area contributed by atoms with E-state index in [4.69, 9.17) is 0 Å². The molecule has 1 amide bonds. The molecule has 12 heteroatoms. The summed E-state index contributed by atoms with van der Waals surface area (Å²) in [5.41, 5.74) is -0.973. The summed E-state index contributed by atoms with van der Waals surface area (Å²) in [4.78, 5) is 23.4. The summed E-state index contributed by atoms with van der Waals surface area (Å²) in [6.07, 6.45) is -6.18. The zero-order chi connectivity index (χ0) is 20.6. The number of hydrogen-bond acceptors (Lipinski definition) is 5. The molecule has 27 heavy (non-hydrogen) atoms. The lowest BCUT2D eigenvalue weighted by molar-refractivity contribution is -0.141. The summed E-state index contributed by atoms with van der Waals surface area (Å²) < 4.78 is 65.2. The number of carboxylic acid groups (broad SMARTS) is 1. The number of benzene rings is 1. The fourth-order valence-corrected chi connectivity index (χ4v) is 3.83. The third-order valence-corrected chi connectivity index (χ3v) is 5.35. The Labute approximate surface area is 153 Å². The number of nitrogens with one attached hydrogen (secondary N) is 2. The van der Waals surface area contributed by atoms with Crippen LogP contribution in [0.25, 0.3) is 0 Å². The molecule has 1 heterocycles. The van der Waals surface area contributed by atoms with Gasteiger partial charge in [-0.15, -0.1) is 0 Å². The number of rotatable bonds is 6. The zero-order valence-electron chi connectivity index (χ0n) is 14.3. The van der Waals surface area contributed by atoms with E-state index in [0.717, 1.165) is 18.2 Å². The van der Waals surface area contributed by atoms with Gasteiger partial charge in [0.1, 0.15) is 6.04 Å². The van der Waals surface area contributed by atoms with Crippen LogP contribution in [0.15, 0.2) is 24.3 Å². The van der Waals surface area contributed by atoms with Gasteiger partial charge < -0.3 is 5.11 Å². The second-order valence-electron chi connectivity index (χ2n) is 6.34. The molecule has 0 aliphatic carbocycles. The maximum Gasteiger partial charge on any atom is 0.416 e. The van der Waals surface area contributed by atoms with E-state index in [1.807, 2.05) is 0 Å². The van der Waals surface area contributed by atoms with E-state index in [2.05, 4.69) is 5.32 Å². The molecule has 150 valence electrons. The SMILES string of the molecule is CC(C)[C@H](N[C@H]1C(=O)NS(=O)(=O)N1Cc1cccc(C(F)(F)F)c1)C(=O)O. The smallest absolute Gasteiger partial charge is 0.416 e. The van der Waals surface area contributed by atoms with Crippen LogP contribution < -0.4 is 10.0 Å². The number of nitrogens with zero attached hydrogens (tertiary/aromatic N) is 1. The Morgan fingerprint density at radius 3 is 2.52 bits per heavy atom. The summed E-state index contributed by atoms with van der Waals surface area (Å²) in [6, 6.07) is 2.76. The lowest BCUT2D eigenvalue weighted by Gasteiger charge is -2.26. The van der Waals surface area contributed by atoms with Crippen molar-refractivity contribution in [3.8, 4) is 0 Å². The molecule has 1 aliphatic heterocycles. The van der Waals surface area contributed by atoms with Gasteiger partial charge in [0.15, 0.2) is 6.17 Å². The molecule has 1 saturated heterocycles. The predicted molar refractivity (Wildman–Crippen MR) is 87.2 cm³/mol. The van der Waals surface area contributed by atoms with Crippen LogP contribution in [-0.4, -0.2) is 41.9 Å². The average molecular weight is 409 g/mol. The van der Waals surface area contributed by atoms with Crippen LogP contribution >= 0.6 is 0 Å². The monoisotopic (exact) mass is 409 g/mol. The van der Waals surface area contributed by atoms with E-state index in [1.54, 1.807) is 18.6 Å². The van der Waals surface area contributed by atoms with Crippen molar-refractivity contribution in [2.75, 3.05) is 0 Å². The fourth-order valence-electron chi connectivity index (χ4n) is 2.59. The van der Waals surface area contributed by atoms with E-state index in [9.17, 15) is 36.3 Å². The number of halogens is 3. The maximum atomic E-state index is 12.8. The molecule has 0 aromatic heterocycles. The second kappa shape index (κ2) is 7.44. The first-order valence-corrected chi connectivity index (χ1v) is 9.25. The Morgan fingerprint density at radius 1 is 1.37 bits per heavy atom. The van der Waals surface area contributed by atoms with E-state index in [-0.39, 0.29) is 5.56 Å². The highest BCUT2D eigenvalue weighted by molar-refractivity contribution is 7.88. The van der Waals surface area contributed by atoms with Gasteiger partial charge in [-0.2, -0.15) is 25.9 Å². The largest absolute Gasteiger partial charge is 0.480 e. The van der Waals surface area contributed by atoms with E-state index in [0.29, 0.717) is 4.31 Å². The highest BCUT2D eigenvalue weighted by Gasteiger charge is 2.46. The molecule has 2 rings (SSSR count). The van der Waals surface area contributed by atoms with Crippen LogP contribution in [0.3, 0.4) is 0 Å². The lowest BCUT2D eigenvalue weighted by Crippen LogP contribution is -2.54. The molecule has 1 aromatic carbocycles. The average Bonchev–Trinajstić information content (AvgIpc) is 2.72. The Morgan fingerprint density at radius 2 is 2.00 bits per heavy atom. The van der Waals surface area contributed by atoms with Gasteiger partial charge in [0.25, 0.3) is 5.91 Å². The third-order valence-electron chi connectivity index (χ3n) is 3.94. The van der Waals surface area contributed by atoms with Gasteiger partial charge in [-0.3, -0.25) is 14.9 Å². The molecule has 1 fully saturated rings. The van der Waals surface area contributed by atoms with E-state index in [1.165, 1.54) is 6.07 Å². The number of amides is 1. The molecular formula is C15H18F3N3O5S. The van der Waals surface area contributed by atoms with Gasteiger partial charge in [-0.1, -0.05) is 32.0 Å². The fraction of sp³-hybridized carbons (Fsp3) is 0.467. The highest BCUT2D eigenvalue weighted by Crippen LogP contribution is 2.30. The van der Waals surface area contributed by atoms with Crippen LogP contribution in [0.1, 0.15) is 25.0 Å². The minimum absolute atomic E-state index is 0.00637. The quantitative estimate of drug-likeness (QED) is 0.643. The van der Waals surface area contributed by atoms with Crippen LogP contribution in [0.2, 0.25) is 0 Å². The molecule has 0 spiro atoms. The van der Waals surface area contributed by atoms with Crippen molar-refractivity contribution in [2.45, 2.75) is 38.8 Å². The minimum Gasteiger partial charge on any atom is -0.480 e. The van der Waals surface area contributed by atoms with Gasteiger partial charge >= 0.3 is 22.4 Å². The van der Waals surface area contributed by atoms with Crippen molar-refractivity contribution in [1.82, 2.24) is 14.3 Å². The van der Waals surface area contributed by atoms with Crippen LogP contribution in [0.4, 0.5) is 13.2 Å². The Hall–Kier alpha value is -2.18. The summed E-state index contributed by atoms with van der Waals surface area (Å²) in [7, 11) is -4.33. The zero-order valence-corrected chi connectivity index (χ0v) is 15.1. The second-order valence-corrected chi connectivity index (χ2v) is 7.97. The summed E-state index contributed by atoms with van der Waals surface area (Å²) in [6.45, 7) is 2.57. The topological polar surface area (TPSA) is 116 Å². The van der Waals surface area contributed by atoms with E-state index < -0.39 is 58.5 Å². The first-order valence-electron chi connectivity index (χ1n) is 7.81. The normalized spacial score (nSPS) is 21.3. The molecule has 0 unspecified atom stereocenters. The number of hydrogen-bond donors (Lipinski definition) is 3. The lowest BCUT2D eigenvalue weighted by atomic mass is 10.0. The number of alkyl halides is 3. The van der Waals surface area contributed by atoms with Crippen LogP contribution in [-0.2, 0) is 32.5 Å². The molecular weight excluding hydrogens is 391 g/mol. The first kappa shape index (κ1) is 21.1. The summed E-state index contributed by atoms with van der Waals surface area (Å²) in [5, 5.41) is 11.7. The Bertz CT molecular complexity index is 841. The molecule has 0 radical (unpaired) electrons. The number of carbonyl (C=O) groups is 2. The van der Waals surface area contributed by atoms with Gasteiger partial charge in [-0.25, -0.2) is 4.72 Å². The first-order chi connectivity index (χ1) is 12.3. The summed E-state index contributed by atoms with van der Waals surface area (Å²) >= 11 is 0. The highest BCUT2D eigenvalue weighted by atomic mass is 32.2. The molecule has 8 nitrogen and oxygen atoms in total. The number of carboxylic acids is 1. The standard InChI is InChI=1S/C15H18F3N3O5S/c1-8(2)11(14(23)24)19-12-13(22)20-27(25,26)21(12)7-9-4-3-5-10(6-9)15(16,17)18/h3-6,8,11-12,19H,7H2,1-2H3,(H,20,22)(H,23,24)/t11-,12+/m0/s1. The molecule has 1 aliphatic rings. The molecule has 1 aromatic rings. The molecule has 2 atom stereocenters. The van der Waals surface area contributed by atoms with Crippen LogP contribution in [0, 0.1) is 5.92 Å². The number of aliphatic carboxylic acids is 1. The Kier molecular flexibility index (Phi) is 5.82. The van der Waals surface area contributed by atoms with Gasteiger partial charge in [-0.05, 0) is 17.5 Å². The maximum absolute atomic E-state index is 12.8. The predicted octanol–water partition coefficient (Wildman–Crippen LogP) is 0.907. The molecule has 3 N–H and O–H groups in total. The minimum atomic E-state index is -4.61. The van der Waals surface area contributed by atoms with Gasteiger partial charge in [0.05, 0.1) is 5.56 Å². The van der Waals surface area contributed by atoms with Crippen molar-refractivity contribution >= 4 is 22.1 Å². The van der Waals surface area contributed by atoms with Crippen molar-refractivity contribution in [3.05, 3.63) is 35.4 Å². The van der Waals surface area contributed by atoms with Gasteiger partial charge in [0.2, 0.25) is 0 Å². The third kappa shape index (κ3) is 4.76. The van der Waals surface area contributed by atoms with Gasteiger partial charge in [0, 0.05) is 6.54 Å². The molecule has 0 bridgehead atoms. The van der Waals surface area contributed by atoms with Crippen LogP contribution in [0.5, 0.6) is 0 Å². The van der Waals surface area contributed by atoms with E-state index >= 15 is 0 Å². The van der Waals surface area contributed by atoms with Crippen molar-refractivity contribution < 1.29 is 36.3 Å². The van der Waals surface area contributed by atoms with Crippen molar-refractivity contribution in [2.24, 2.45) is 5.92 Å².